The largest absolute Gasteiger partial charge is 0.497 e. The van der Waals surface area contributed by atoms with E-state index in [-0.39, 0.29) is 18.0 Å². The van der Waals surface area contributed by atoms with Crippen LogP contribution in [0.2, 0.25) is 0 Å². The predicted molar refractivity (Wildman–Crippen MR) is 144 cm³/mol. The second-order valence-corrected chi connectivity index (χ2v) is 10.5. The van der Waals surface area contributed by atoms with E-state index in [2.05, 4.69) is 5.32 Å². The number of carbonyl (C=O) groups is 1. The number of aryl methyl sites for hydroxylation is 1. The van der Waals surface area contributed by atoms with Crippen LogP contribution in [0.25, 0.3) is 16.9 Å². The number of hydrogen-bond acceptors (Lipinski definition) is 5. The van der Waals surface area contributed by atoms with E-state index >= 15 is 0 Å². The van der Waals surface area contributed by atoms with Gasteiger partial charge in [0.05, 0.1) is 29.9 Å². The fourth-order valence-electron chi connectivity index (χ4n) is 3.88. The van der Waals surface area contributed by atoms with Gasteiger partial charge in [-0.15, -0.1) is 0 Å². The van der Waals surface area contributed by atoms with Crippen molar-refractivity contribution in [1.29, 1.82) is 0 Å². The van der Waals surface area contributed by atoms with E-state index in [1.165, 1.54) is 23.5 Å². The van der Waals surface area contributed by atoms with E-state index in [4.69, 9.17) is 9.84 Å². The van der Waals surface area contributed by atoms with Gasteiger partial charge in [-0.2, -0.15) is 9.40 Å². The van der Waals surface area contributed by atoms with Gasteiger partial charge >= 0.3 is 0 Å². The first-order valence-corrected chi connectivity index (χ1v) is 13.4. The Hall–Kier alpha value is -3.95. The van der Waals surface area contributed by atoms with Crippen LogP contribution in [0.15, 0.2) is 89.8 Å². The maximum Gasteiger partial charge on any atom is 0.243 e. The fraction of sp³-hybridized carbons (Fsp3) is 0.214. The normalized spacial score (nSPS) is 11.5. The lowest BCUT2D eigenvalue weighted by Crippen LogP contribution is -2.38. The van der Waals surface area contributed by atoms with E-state index in [9.17, 15) is 13.2 Å². The number of sulfonamides is 1. The molecule has 0 unspecified atom stereocenters. The molecule has 0 spiro atoms. The maximum atomic E-state index is 13.3. The van der Waals surface area contributed by atoms with Crippen molar-refractivity contribution in [2.45, 2.75) is 25.2 Å². The van der Waals surface area contributed by atoms with Gasteiger partial charge in [-0.1, -0.05) is 55.0 Å². The summed E-state index contributed by atoms with van der Waals surface area (Å²) in [4.78, 5) is 13.3. The number of hydrogen-bond donors (Lipinski definition) is 1. The van der Waals surface area contributed by atoms with Crippen LogP contribution in [0.4, 0.5) is 5.82 Å². The number of nitrogens with one attached hydrogen (secondary N) is 1. The zero-order valence-corrected chi connectivity index (χ0v) is 21.9. The number of rotatable bonds is 10. The Kier molecular flexibility index (Phi) is 8.05. The van der Waals surface area contributed by atoms with E-state index < -0.39 is 15.9 Å². The molecule has 0 aliphatic heterocycles. The summed E-state index contributed by atoms with van der Waals surface area (Å²) in [7, 11) is -2.37. The molecule has 0 aliphatic carbocycles. The Morgan fingerprint density at radius 2 is 1.68 bits per heavy atom. The predicted octanol–water partition coefficient (Wildman–Crippen LogP) is 4.90. The van der Waals surface area contributed by atoms with Crippen LogP contribution >= 0.6 is 0 Å². The molecule has 0 fully saturated rings. The number of ether oxygens (including phenoxy) is 1. The zero-order chi connectivity index (χ0) is 26.4. The highest BCUT2D eigenvalue weighted by Gasteiger charge is 2.26. The molecular weight excluding hydrogens is 488 g/mol. The minimum absolute atomic E-state index is 0.102. The highest BCUT2D eigenvalue weighted by molar-refractivity contribution is 7.89. The van der Waals surface area contributed by atoms with Crippen LogP contribution < -0.4 is 10.1 Å². The smallest absolute Gasteiger partial charge is 0.243 e. The van der Waals surface area contributed by atoms with Crippen LogP contribution in [0.1, 0.15) is 18.9 Å². The molecule has 0 radical (unpaired) electrons. The van der Waals surface area contributed by atoms with Crippen molar-refractivity contribution in [3.63, 3.8) is 0 Å². The lowest BCUT2D eigenvalue weighted by molar-refractivity contribution is -0.116. The number of carbonyl (C=O) groups excluding carboxylic acids is 1. The van der Waals surface area contributed by atoms with Crippen molar-refractivity contribution < 1.29 is 17.9 Å². The molecule has 4 aromatic rings. The SMILES string of the molecule is CCCN(CC(=O)Nc1cc(-c2ccccc2)nn1-c1ccc(C)cc1)S(=O)(=O)c1ccc(OC)cc1. The lowest BCUT2D eigenvalue weighted by atomic mass is 10.1. The van der Waals surface area contributed by atoms with Crippen molar-refractivity contribution in [3.05, 3.63) is 90.5 Å². The highest BCUT2D eigenvalue weighted by Crippen LogP contribution is 2.25. The van der Waals surface area contributed by atoms with Crippen molar-refractivity contribution >= 4 is 21.7 Å². The molecule has 1 heterocycles. The molecule has 37 heavy (non-hydrogen) atoms. The first-order valence-electron chi connectivity index (χ1n) is 12.0. The quantitative estimate of drug-likeness (QED) is 0.322. The summed E-state index contributed by atoms with van der Waals surface area (Å²) in [6.07, 6.45) is 0.558. The Labute approximate surface area is 217 Å². The van der Waals surface area contributed by atoms with Gasteiger partial charge in [0.1, 0.15) is 11.6 Å². The first kappa shape index (κ1) is 26.1. The Bertz CT molecular complexity index is 1450. The Balaban J connectivity index is 1.62. The summed E-state index contributed by atoms with van der Waals surface area (Å²) in [6.45, 7) is 3.74. The number of anilines is 1. The van der Waals surface area contributed by atoms with Crippen molar-refractivity contribution in [2.75, 3.05) is 25.5 Å². The van der Waals surface area contributed by atoms with Gasteiger partial charge < -0.3 is 10.1 Å². The van der Waals surface area contributed by atoms with Gasteiger partial charge in [-0.05, 0) is 49.7 Å². The first-order chi connectivity index (χ1) is 17.8. The minimum atomic E-state index is -3.89. The Morgan fingerprint density at radius 3 is 2.30 bits per heavy atom. The average molecular weight is 519 g/mol. The number of benzene rings is 3. The van der Waals surface area contributed by atoms with Crippen LogP contribution in [-0.4, -0.2) is 48.6 Å². The van der Waals surface area contributed by atoms with Gasteiger partial charge in [-0.25, -0.2) is 13.1 Å². The van der Waals surface area contributed by atoms with Crippen LogP contribution in [-0.2, 0) is 14.8 Å². The molecule has 0 atom stereocenters. The molecule has 3 aromatic carbocycles. The van der Waals surface area contributed by atoms with Gasteiger partial charge in [0.25, 0.3) is 0 Å². The van der Waals surface area contributed by atoms with Crippen LogP contribution in [0.5, 0.6) is 5.75 Å². The van der Waals surface area contributed by atoms with E-state index in [0.29, 0.717) is 23.7 Å². The van der Waals surface area contributed by atoms with E-state index in [0.717, 1.165) is 16.8 Å². The number of methoxy groups -OCH3 is 1. The molecule has 1 N–H and O–H groups in total. The van der Waals surface area contributed by atoms with Gasteiger partial charge in [0.2, 0.25) is 15.9 Å². The summed E-state index contributed by atoms with van der Waals surface area (Å²) in [6, 6.07) is 25.3. The molecule has 9 heteroatoms. The molecule has 8 nitrogen and oxygen atoms in total. The molecule has 0 bridgehead atoms. The number of nitrogens with zero attached hydrogens (tertiary/aromatic N) is 3. The zero-order valence-electron chi connectivity index (χ0n) is 21.1. The number of amides is 1. The topological polar surface area (TPSA) is 93.5 Å². The number of aromatic nitrogens is 2. The molecule has 1 amide bonds. The van der Waals surface area contributed by atoms with Gasteiger partial charge in [-0.3, -0.25) is 4.79 Å². The summed E-state index contributed by atoms with van der Waals surface area (Å²) < 4.78 is 34.6. The maximum absolute atomic E-state index is 13.3. The molecule has 192 valence electrons. The van der Waals surface area contributed by atoms with Crippen LogP contribution in [0.3, 0.4) is 0 Å². The molecule has 1 aromatic heterocycles. The summed E-state index contributed by atoms with van der Waals surface area (Å²) in [5.41, 5.74) is 3.47. The lowest BCUT2D eigenvalue weighted by Gasteiger charge is -2.21. The molecule has 4 rings (SSSR count). The highest BCUT2D eigenvalue weighted by atomic mass is 32.2. The van der Waals surface area contributed by atoms with Crippen LogP contribution in [0, 0.1) is 6.92 Å². The molecular formula is C28H30N4O4S. The third kappa shape index (κ3) is 6.07. The van der Waals surface area contributed by atoms with Gasteiger partial charge in [0, 0.05) is 18.2 Å². The second kappa shape index (κ2) is 11.4. The standard InChI is InChI=1S/C28H30N4O4S/c1-4-18-31(37(34,35)25-16-14-24(36-3)15-17-25)20-28(33)29-27-19-26(22-8-6-5-7-9-22)30-32(27)23-12-10-21(2)11-13-23/h5-17,19H,4,18,20H2,1-3H3,(H,29,33). The average Bonchev–Trinajstić information content (AvgIpc) is 3.33. The fourth-order valence-corrected chi connectivity index (χ4v) is 5.36. The summed E-state index contributed by atoms with van der Waals surface area (Å²) in [5.74, 6) is 0.543. The van der Waals surface area contributed by atoms with Crippen molar-refractivity contribution in [2.24, 2.45) is 0 Å². The molecule has 0 saturated heterocycles. The third-order valence-electron chi connectivity index (χ3n) is 5.82. The van der Waals surface area contributed by atoms with E-state index in [1.54, 1.807) is 22.9 Å². The Morgan fingerprint density at radius 1 is 1.00 bits per heavy atom. The minimum Gasteiger partial charge on any atom is -0.497 e. The van der Waals surface area contributed by atoms with Crippen molar-refractivity contribution in [3.8, 4) is 22.7 Å². The second-order valence-electron chi connectivity index (χ2n) is 8.59. The monoisotopic (exact) mass is 518 g/mol. The summed E-state index contributed by atoms with van der Waals surface area (Å²) >= 11 is 0. The molecule has 0 aliphatic rings. The summed E-state index contributed by atoms with van der Waals surface area (Å²) in [5, 5.41) is 7.60. The van der Waals surface area contributed by atoms with Gasteiger partial charge in [0.15, 0.2) is 0 Å². The molecule has 0 saturated carbocycles. The third-order valence-corrected chi connectivity index (χ3v) is 7.67. The van der Waals surface area contributed by atoms with Crippen molar-refractivity contribution in [1.82, 2.24) is 14.1 Å². The van der Waals surface area contributed by atoms with E-state index in [1.807, 2.05) is 68.4 Å².